The molecule has 1 amide bonds. The third kappa shape index (κ3) is 5.96. The fraction of sp³-hybridized carbons (Fsp3) is 0.296. The molecule has 1 aliphatic heterocycles. The van der Waals surface area contributed by atoms with Crippen molar-refractivity contribution in [3.63, 3.8) is 0 Å². The topological polar surface area (TPSA) is 44.8 Å². The standard InChI is InChI=1S/C27H31N3O2/c1-32-25-14-12-24(13-15-25)27(23-10-6-3-7-11-23)28-26(31)21-30-18-16-29(17-19-30)20-22-8-4-2-5-9-22/h2-15,27H,16-21H2,1H3,(H,28,31)/t27-/m1/s1. The van der Waals surface area contributed by atoms with E-state index < -0.39 is 0 Å². The molecule has 0 unspecified atom stereocenters. The highest BCUT2D eigenvalue weighted by Crippen LogP contribution is 2.24. The molecule has 0 radical (unpaired) electrons. The predicted molar refractivity (Wildman–Crippen MR) is 128 cm³/mol. The Balaban J connectivity index is 1.34. The summed E-state index contributed by atoms with van der Waals surface area (Å²) in [6, 6.07) is 28.4. The van der Waals surface area contributed by atoms with Gasteiger partial charge in [-0.1, -0.05) is 72.8 Å². The van der Waals surface area contributed by atoms with Crippen LogP contribution in [0.25, 0.3) is 0 Å². The quantitative estimate of drug-likeness (QED) is 0.593. The van der Waals surface area contributed by atoms with Crippen LogP contribution in [-0.2, 0) is 11.3 Å². The smallest absolute Gasteiger partial charge is 0.234 e. The Kier molecular flexibility index (Phi) is 7.54. The number of rotatable bonds is 8. The van der Waals surface area contributed by atoms with Crippen molar-refractivity contribution in [1.82, 2.24) is 15.1 Å². The van der Waals surface area contributed by atoms with E-state index in [-0.39, 0.29) is 11.9 Å². The third-order valence-electron chi connectivity index (χ3n) is 5.97. The maximum Gasteiger partial charge on any atom is 0.234 e. The molecule has 0 aromatic heterocycles. The molecule has 166 valence electrons. The Morgan fingerprint density at radius 2 is 1.38 bits per heavy atom. The van der Waals surface area contributed by atoms with Crippen LogP contribution < -0.4 is 10.1 Å². The molecule has 32 heavy (non-hydrogen) atoms. The SMILES string of the molecule is COc1ccc([C@H](NC(=O)CN2CCN(Cc3ccccc3)CC2)c2ccccc2)cc1. The average Bonchev–Trinajstić information content (AvgIpc) is 2.85. The van der Waals surface area contributed by atoms with Crippen molar-refractivity contribution in [2.24, 2.45) is 0 Å². The van der Waals surface area contributed by atoms with Gasteiger partial charge >= 0.3 is 0 Å². The maximum absolute atomic E-state index is 13.0. The van der Waals surface area contributed by atoms with Crippen molar-refractivity contribution >= 4 is 5.91 Å². The van der Waals surface area contributed by atoms with Crippen LogP contribution in [0.2, 0.25) is 0 Å². The van der Waals surface area contributed by atoms with Crippen LogP contribution in [0.15, 0.2) is 84.9 Å². The summed E-state index contributed by atoms with van der Waals surface area (Å²) in [5.41, 5.74) is 3.45. The number of amides is 1. The van der Waals surface area contributed by atoms with Gasteiger partial charge in [-0.3, -0.25) is 14.6 Å². The number of ether oxygens (including phenoxy) is 1. The van der Waals surface area contributed by atoms with E-state index in [4.69, 9.17) is 4.74 Å². The average molecular weight is 430 g/mol. The van der Waals surface area contributed by atoms with Gasteiger partial charge in [-0.05, 0) is 28.8 Å². The largest absolute Gasteiger partial charge is 0.497 e. The van der Waals surface area contributed by atoms with Gasteiger partial charge in [0.1, 0.15) is 5.75 Å². The van der Waals surface area contributed by atoms with Crippen LogP contribution in [0.1, 0.15) is 22.7 Å². The number of benzene rings is 3. The summed E-state index contributed by atoms with van der Waals surface area (Å²) >= 11 is 0. The van der Waals surface area contributed by atoms with Crippen molar-refractivity contribution in [2.75, 3.05) is 39.8 Å². The molecule has 3 aromatic carbocycles. The minimum atomic E-state index is -0.186. The van der Waals surface area contributed by atoms with Gasteiger partial charge < -0.3 is 10.1 Å². The van der Waals surface area contributed by atoms with Crippen LogP contribution in [-0.4, -0.2) is 55.5 Å². The minimum Gasteiger partial charge on any atom is -0.497 e. The van der Waals surface area contributed by atoms with Crippen LogP contribution >= 0.6 is 0 Å². The summed E-state index contributed by atoms with van der Waals surface area (Å²) in [6.07, 6.45) is 0. The van der Waals surface area contributed by atoms with Gasteiger partial charge in [0.15, 0.2) is 0 Å². The fourth-order valence-corrected chi connectivity index (χ4v) is 4.16. The molecule has 3 aromatic rings. The molecule has 1 N–H and O–H groups in total. The second-order valence-electron chi connectivity index (χ2n) is 8.22. The van der Waals surface area contributed by atoms with Crippen LogP contribution in [0, 0.1) is 0 Å². The van der Waals surface area contributed by atoms with E-state index >= 15 is 0 Å². The van der Waals surface area contributed by atoms with Crippen molar-refractivity contribution < 1.29 is 9.53 Å². The number of carbonyl (C=O) groups is 1. The van der Waals surface area contributed by atoms with Gasteiger partial charge in [-0.25, -0.2) is 0 Å². The monoisotopic (exact) mass is 429 g/mol. The summed E-state index contributed by atoms with van der Waals surface area (Å²) < 4.78 is 5.28. The highest BCUT2D eigenvalue weighted by molar-refractivity contribution is 5.79. The lowest BCUT2D eigenvalue weighted by Gasteiger charge is -2.34. The number of piperazine rings is 1. The van der Waals surface area contributed by atoms with Gasteiger partial charge in [0.05, 0.1) is 19.7 Å². The van der Waals surface area contributed by atoms with Gasteiger partial charge in [0.2, 0.25) is 5.91 Å². The first-order valence-corrected chi connectivity index (χ1v) is 11.2. The molecular formula is C27H31N3O2. The van der Waals surface area contributed by atoms with Gasteiger partial charge in [0, 0.05) is 32.7 Å². The molecule has 1 saturated heterocycles. The Hall–Kier alpha value is -3.15. The van der Waals surface area contributed by atoms with Crippen molar-refractivity contribution in [3.8, 4) is 5.75 Å². The number of nitrogens with one attached hydrogen (secondary N) is 1. The second-order valence-corrected chi connectivity index (χ2v) is 8.22. The van der Waals surface area contributed by atoms with Crippen LogP contribution in [0.4, 0.5) is 0 Å². The van der Waals surface area contributed by atoms with E-state index in [1.807, 2.05) is 42.5 Å². The summed E-state index contributed by atoms with van der Waals surface area (Å²) in [5, 5.41) is 3.25. The van der Waals surface area contributed by atoms with E-state index in [0.29, 0.717) is 6.54 Å². The lowest BCUT2D eigenvalue weighted by atomic mass is 9.98. The van der Waals surface area contributed by atoms with Crippen molar-refractivity contribution in [2.45, 2.75) is 12.6 Å². The third-order valence-corrected chi connectivity index (χ3v) is 5.97. The summed E-state index contributed by atoms with van der Waals surface area (Å²) in [7, 11) is 1.66. The Morgan fingerprint density at radius 1 is 0.812 bits per heavy atom. The van der Waals surface area contributed by atoms with Crippen molar-refractivity contribution in [3.05, 3.63) is 102 Å². The normalized spacial score (nSPS) is 15.8. The predicted octanol–water partition coefficient (Wildman–Crippen LogP) is 3.72. The lowest BCUT2D eigenvalue weighted by Crippen LogP contribution is -2.49. The summed E-state index contributed by atoms with van der Waals surface area (Å²) in [6.45, 7) is 5.14. The Morgan fingerprint density at radius 3 is 2.00 bits per heavy atom. The molecule has 0 spiro atoms. The van der Waals surface area contributed by atoms with E-state index in [1.165, 1.54) is 5.56 Å². The van der Waals surface area contributed by atoms with Crippen LogP contribution in [0.5, 0.6) is 5.75 Å². The van der Waals surface area contributed by atoms with E-state index in [1.54, 1.807) is 7.11 Å². The van der Waals surface area contributed by atoms with E-state index in [2.05, 4.69) is 57.6 Å². The van der Waals surface area contributed by atoms with Crippen molar-refractivity contribution in [1.29, 1.82) is 0 Å². The molecule has 1 aliphatic rings. The highest BCUT2D eigenvalue weighted by Gasteiger charge is 2.22. The highest BCUT2D eigenvalue weighted by atomic mass is 16.5. The fourth-order valence-electron chi connectivity index (χ4n) is 4.16. The molecule has 0 aliphatic carbocycles. The summed E-state index contributed by atoms with van der Waals surface area (Å²) in [4.78, 5) is 17.7. The zero-order valence-electron chi connectivity index (χ0n) is 18.6. The molecule has 1 heterocycles. The lowest BCUT2D eigenvalue weighted by molar-refractivity contribution is -0.123. The molecule has 1 fully saturated rings. The maximum atomic E-state index is 13.0. The first-order chi connectivity index (χ1) is 15.7. The molecule has 0 bridgehead atoms. The molecule has 1 atom stereocenters. The molecule has 4 rings (SSSR count). The zero-order chi connectivity index (χ0) is 22.2. The molecule has 5 heteroatoms. The number of hydrogen-bond donors (Lipinski definition) is 1. The van der Waals surface area contributed by atoms with E-state index in [9.17, 15) is 4.79 Å². The van der Waals surface area contributed by atoms with E-state index in [0.717, 1.165) is 49.6 Å². The first-order valence-electron chi connectivity index (χ1n) is 11.2. The number of nitrogens with zero attached hydrogens (tertiary/aromatic N) is 2. The number of carbonyl (C=O) groups excluding carboxylic acids is 1. The Bertz CT molecular complexity index is 969. The second kappa shape index (κ2) is 10.9. The molecular weight excluding hydrogens is 398 g/mol. The summed E-state index contributed by atoms with van der Waals surface area (Å²) in [5.74, 6) is 0.853. The van der Waals surface area contributed by atoms with Crippen LogP contribution in [0.3, 0.4) is 0 Å². The number of methoxy groups -OCH3 is 1. The first kappa shape index (κ1) is 22.1. The Labute approximate surface area is 190 Å². The van der Waals surface area contributed by atoms with Gasteiger partial charge in [-0.2, -0.15) is 0 Å². The molecule has 5 nitrogen and oxygen atoms in total. The minimum absolute atomic E-state index is 0.0474. The van der Waals surface area contributed by atoms with Gasteiger partial charge in [-0.15, -0.1) is 0 Å². The zero-order valence-corrected chi connectivity index (χ0v) is 18.6. The number of hydrogen-bond acceptors (Lipinski definition) is 4. The molecule has 0 saturated carbocycles. The van der Waals surface area contributed by atoms with Gasteiger partial charge in [0.25, 0.3) is 0 Å².